The van der Waals surface area contributed by atoms with Crippen molar-refractivity contribution in [3.05, 3.63) is 28.2 Å². The second-order valence-corrected chi connectivity index (χ2v) is 4.69. The highest BCUT2D eigenvalue weighted by molar-refractivity contribution is 8.14. The molecule has 0 aromatic heterocycles. The van der Waals surface area contributed by atoms with Gasteiger partial charge in [0.25, 0.3) is 0 Å². The molecule has 1 aromatic rings. The smallest absolute Gasteiger partial charge is 0.161 e. The first-order valence-corrected chi connectivity index (χ1v) is 5.89. The van der Waals surface area contributed by atoms with E-state index < -0.39 is 0 Å². The highest BCUT2D eigenvalue weighted by atomic mass is 35.5. The topological polar surface area (TPSA) is 24.4 Å². The predicted octanol–water partition coefficient (Wildman–Crippen LogP) is 3.93. The molecule has 1 aromatic carbocycles. The van der Waals surface area contributed by atoms with Gasteiger partial charge in [0.15, 0.2) is 5.17 Å². The maximum atomic E-state index is 5.88. The van der Waals surface area contributed by atoms with Gasteiger partial charge < -0.3 is 5.32 Å². The van der Waals surface area contributed by atoms with E-state index in [2.05, 4.69) is 10.3 Å². The number of rotatable bonds is 1. The zero-order chi connectivity index (χ0) is 9.97. The summed E-state index contributed by atoms with van der Waals surface area (Å²) < 4.78 is 0. The molecule has 1 aliphatic rings. The summed E-state index contributed by atoms with van der Waals surface area (Å²) in [6.45, 7) is 0.883. The molecule has 0 fully saturated rings. The minimum Gasteiger partial charge on any atom is -0.335 e. The molecule has 0 amide bonds. The van der Waals surface area contributed by atoms with Gasteiger partial charge in [-0.25, -0.2) is 0 Å². The molecule has 15 heavy (non-hydrogen) atoms. The maximum absolute atomic E-state index is 5.88. The first-order chi connectivity index (χ1) is 6.75. The number of aliphatic imine (C=N–C) groups is 1. The van der Waals surface area contributed by atoms with Gasteiger partial charge in [0.05, 0.1) is 16.6 Å². The molecule has 0 saturated heterocycles. The molecule has 0 radical (unpaired) electrons. The van der Waals surface area contributed by atoms with Gasteiger partial charge in [-0.2, -0.15) is 0 Å². The molecular formula is C9H9Cl3N2S. The third kappa shape index (κ3) is 3.45. The van der Waals surface area contributed by atoms with Crippen LogP contribution in [0.25, 0.3) is 0 Å². The average Bonchev–Trinajstić information content (AvgIpc) is 2.64. The van der Waals surface area contributed by atoms with Crippen molar-refractivity contribution < 1.29 is 0 Å². The van der Waals surface area contributed by atoms with Crippen LogP contribution in [0.5, 0.6) is 0 Å². The van der Waals surface area contributed by atoms with Crippen LogP contribution in [-0.4, -0.2) is 17.5 Å². The lowest BCUT2D eigenvalue weighted by molar-refractivity contribution is 1.17. The second-order valence-electron chi connectivity index (χ2n) is 2.79. The highest BCUT2D eigenvalue weighted by Crippen LogP contribution is 2.26. The van der Waals surface area contributed by atoms with Gasteiger partial charge in [0.1, 0.15) is 0 Å². The van der Waals surface area contributed by atoms with E-state index in [1.165, 1.54) is 0 Å². The Labute approximate surface area is 109 Å². The SMILES string of the molecule is Cl.Clc1ccc(NC2=NCCS2)cc1Cl. The fourth-order valence-electron chi connectivity index (χ4n) is 1.11. The van der Waals surface area contributed by atoms with Gasteiger partial charge in [0.2, 0.25) is 0 Å². The monoisotopic (exact) mass is 282 g/mol. The van der Waals surface area contributed by atoms with Crippen LogP contribution >= 0.6 is 47.4 Å². The fourth-order valence-corrected chi connectivity index (χ4v) is 2.15. The number of anilines is 1. The van der Waals surface area contributed by atoms with Crippen molar-refractivity contribution in [2.75, 3.05) is 17.6 Å². The summed E-state index contributed by atoms with van der Waals surface area (Å²) >= 11 is 13.4. The fraction of sp³-hybridized carbons (Fsp3) is 0.222. The molecule has 2 nitrogen and oxygen atoms in total. The predicted molar refractivity (Wildman–Crippen MR) is 72.1 cm³/mol. The molecular weight excluding hydrogens is 275 g/mol. The number of hydrogen-bond donors (Lipinski definition) is 1. The van der Waals surface area contributed by atoms with Gasteiger partial charge in [-0.05, 0) is 18.2 Å². The zero-order valence-corrected chi connectivity index (χ0v) is 10.8. The van der Waals surface area contributed by atoms with Gasteiger partial charge in [0, 0.05) is 11.4 Å². The quantitative estimate of drug-likeness (QED) is 0.844. The Bertz CT molecular complexity index is 382. The number of thioether (sulfide) groups is 1. The molecule has 1 heterocycles. The Morgan fingerprint density at radius 1 is 1.27 bits per heavy atom. The summed E-state index contributed by atoms with van der Waals surface area (Å²) in [5, 5.41) is 5.25. The van der Waals surface area contributed by atoms with Crippen LogP contribution in [0.1, 0.15) is 0 Å². The third-order valence-electron chi connectivity index (χ3n) is 1.76. The average molecular weight is 284 g/mol. The van der Waals surface area contributed by atoms with Crippen molar-refractivity contribution >= 4 is 58.2 Å². The number of hydrogen-bond acceptors (Lipinski definition) is 3. The summed E-state index contributed by atoms with van der Waals surface area (Å²) in [7, 11) is 0. The summed E-state index contributed by atoms with van der Waals surface area (Å²) in [6.07, 6.45) is 0. The van der Waals surface area contributed by atoms with Gasteiger partial charge in [-0.15, -0.1) is 12.4 Å². The molecule has 0 aliphatic carbocycles. The molecule has 0 spiro atoms. The molecule has 1 N–H and O–H groups in total. The Balaban J connectivity index is 0.00000112. The number of nitrogens with one attached hydrogen (secondary N) is 1. The zero-order valence-electron chi connectivity index (χ0n) is 7.67. The van der Waals surface area contributed by atoms with E-state index in [0.29, 0.717) is 10.0 Å². The van der Waals surface area contributed by atoms with Gasteiger partial charge >= 0.3 is 0 Å². The lowest BCUT2D eigenvalue weighted by atomic mass is 10.3. The van der Waals surface area contributed by atoms with Crippen LogP contribution in [0.3, 0.4) is 0 Å². The lowest BCUT2D eigenvalue weighted by Gasteiger charge is -2.05. The normalized spacial score (nSPS) is 14.4. The van der Waals surface area contributed by atoms with Crippen molar-refractivity contribution in [1.29, 1.82) is 0 Å². The number of halogens is 3. The van der Waals surface area contributed by atoms with Crippen molar-refractivity contribution in [2.45, 2.75) is 0 Å². The molecule has 82 valence electrons. The van der Waals surface area contributed by atoms with E-state index in [1.807, 2.05) is 6.07 Å². The van der Waals surface area contributed by atoms with E-state index in [0.717, 1.165) is 23.2 Å². The summed E-state index contributed by atoms with van der Waals surface area (Å²) in [5.74, 6) is 1.05. The standard InChI is InChI=1S/C9H8Cl2N2S.ClH/c10-7-2-1-6(5-8(7)11)13-9-12-3-4-14-9;/h1-2,5H,3-4H2,(H,12,13);1H. The van der Waals surface area contributed by atoms with Crippen LogP contribution in [0.2, 0.25) is 10.0 Å². The molecule has 0 unspecified atom stereocenters. The van der Waals surface area contributed by atoms with E-state index >= 15 is 0 Å². The summed E-state index contributed by atoms with van der Waals surface area (Å²) in [5.41, 5.74) is 0.924. The van der Waals surface area contributed by atoms with Crippen molar-refractivity contribution in [1.82, 2.24) is 0 Å². The first kappa shape index (κ1) is 13.0. The van der Waals surface area contributed by atoms with Gasteiger partial charge in [-0.3, -0.25) is 4.99 Å². The largest absolute Gasteiger partial charge is 0.335 e. The van der Waals surface area contributed by atoms with Crippen molar-refractivity contribution in [2.24, 2.45) is 4.99 Å². The number of benzene rings is 1. The Hall–Kier alpha value is -0.0900. The molecule has 0 atom stereocenters. The third-order valence-corrected chi connectivity index (χ3v) is 3.39. The first-order valence-electron chi connectivity index (χ1n) is 4.15. The van der Waals surface area contributed by atoms with Crippen molar-refractivity contribution in [3.63, 3.8) is 0 Å². The van der Waals surface area contributed by atoms with Crippen LogP contribution in [0.15, 0.2) is 23.2 Å². The van der Waals surface area contributed by atoms with Crippen LogP contribution in [-0.2, 0) is 0 Å². The van der Waals surface area contributed by atoms with E-state index in [1.54, 1.807) is 23.9 Å². The van der Waals surface area contributed by atoms with Crippen LogP contribution in [0.4, 0.5) is 5.69 Å². The van der Waals surface area contributed by atoms with E-state index in [4.69, 9.17) is 23.2 Å². The molecule has 0 bridgehead atoms. The van der Waals surface area contributed by atoms with Crippen LogP contribution in [0, 0.1) is 0 Å². The maximum Gasteiger partial charge on any atom is 0.161 e. The van der Waals surface area contributed by atoms with Gasteiger partial charge in [-0.1, -0.05) is 35.0 Å². The minimum absolute atomic E-state index is 0. The number of nitrogens with zero attached hydrogens (tertiary/aromatic N) is 1. The second kappa shape index (κ2) is 5.85. The van der Waals surface area contributed by atoms with E-state index in [-0.39, 0.29) is 12.4 Å². The van der Waals surface area contributed by atoms with E-state index in [9.17, 15) is 0 Å². The molecule has 6 heteroatoms. The minimum atomic E-state index is 0. The van der Waals surface area contributed by atoms with Crippen LogP contribution < -0.4 is 5.32 Å². The number of amidine groups is 1. The molecule has 2 rings (SSSR count). The summed E-state index contributed by atoms with van der Waals surface area (Å²) in [4.78, 5) is 4.28. The summed E-state index contributed by atoms with van der Waals surface area (Å²) in [6, 6.07) is 5.45. The highest BCUT2D eigenvalue weighted by Gasteiger charge is 2.07. The Morgan fingerprint density at radius 3 is 2.67 bits per heavy atom. The lowest BCUT2D eigenvalue weighted by Crippen LogP contribution is -2.04. The van der Waals surface area contributed by atoms with Crippen molar-refractivity contribution in [3.8, 4) is 0 Å². The Kier molecular flexibility index (Phi) is 5.06. The molecule has 1 aliphatic heterocycles. The molecule has 0 saturated carbocycles. The Morgan fingerprint density at radius 2 is 2.07 bits per heavy atom.